The van der Waals surface area contributed by atoms with E-state index in [1.54, 1.807) is 5.57 Å². The average Bonchev–Trinajstić information content (AvgIpc) is 3.41. The number of rotatable bonds is 20. The number of carbonyl (C=O) groups is 1. The fourth-order valence-electron chi connectivity index (χ4n) is 11.1. The molecule has 0 aromatic carbocycles. The van der Waals surface area contributed by atoms with Crippen LogP contribution in [0.1, 0.15) is 183 Å². The van der Waals surface area contributed by atoms with Crippen LogP contribution in [0.15, 0.2) is 36.0 Å². The van der Waals surface area contributed by atoms with Crippen molar-refractivity contribution < 1.29 is 14.6 Å². The molecule has 0 bridgehead atoms. The Labute approximate surface area is 297 Å². The number of ether oxygens (including phenoxy) is 1. The molecule has 4 aliphatic rings. The predicted octanol–water partition coefficient (Wildman–Crippen LogP) is 12.7. The molecule has 48 heavy (non-hydrogen) atoms. The van der Waals surface area contributed by atoms with E-state index in [0.717, 1.165) is 80.5 Å². The van der Waals surface area contributed by atoms with E-state index in [1.165, 1.54) is 89.9 Å². The van der Waals surface area contributed by atoms with Crippen LogP contribution < -0.4 is 0 Å². The van der Waals surface area contributed by atoms with E-state index >= 15 is 0 Å². The zero-order chi connectivity index (χ0) is 34.6. The Hall–Kier alpha value is -1.35. The quantitative estimate of drug-likeness (QED) is 0.0610. The van der Waals surface area contributed by atoms with Gasteiger partial charge in [0.05, 0.1) is 6.10 Å². The van der Waals surface area contributed by atoms with Crippen LogP contribution in [0.4, 0.5) is 0 Å². The van der Waals surface area contributed by atoms with Gasteiger partial charge in [0, 0.05) is 12.8 Å². The minimum Gasteiger partial charge on any atom is -0.462 e. The van der Waals surface area contributed by atoms with Crippen molar-refractivity contribution in [3.05, 3.63) is 36.0 Å². The van der Waals surface area contributed by atoms with Crippen molar-refractivity contribution in [1.82, 2.24) is 0 Å². The number of esters is 1. The van der Waals surface area contributed by atoms with Crippen LogP contribution in [0.5, 0.6) is 0 Å². The van der Waals surface area contributed by atoms with Crippen molar-refractivity contribution in [2.45, 2.75) is 195 Å². The first-order chi connectivity index (χ1) is 23.1. The standard InChI is InChI=1S/C45H76O3/c1-7-8-16-22-37(46)23-17-14-12-10-9-11-13-15-18-24-43(47)48-38-29-31-44(5)36(33-38)25-26-39-41-28-27-40(35(4)21-19-20-34(2)3)45(41,6)32-30-42(39)44/h12,14,17,23,25,34-35,37-42,46H,7-11,13,15-16,18-22,24,26-33H2,1-6H3/b14-12-,23-17+/t35-,37+,38+,39+,40-,41+,42+,44+,45-/m1/s1. The van der Waals surface area contributed by atoms with Crippen LogP contribution >= 0.6 is 0 Å². The molecule has 0 saturated heterocycles. The van der Waals surface area contributed by atoms with Gasteiger partial charge in [-0.2, -0.15) is 0 Å². The summed E-state index contributed by atoms with van der Waals surface area (Å²) >= 11 is 0. The number of hydrogen-bond donors (Lipinski definition) is 1. The predicted molar refractivity (Wildman–Crippen MR) is 204 cm³/mol. The SMILES string of the molecule is CCCCC[C@H](O)/C=C/C=C\CCCCCCCC(=O)O[C@H]1CC[C@@]2(C)C(=CC[C@H]3[C@@H]4CC[C@H]([C@H](C)CCCC(C)C)[C@@]4(C)CC[C@@H]32)C1. The van der Waals surface area contributed by atoms with Gasteiger partial charge in [0.15, 0.2) is 0 Å². The van der Waals surface area contributed by atoms with E-state index in [-0.39, 0.29) is 18.2 Å². The van der Waals surface area contributed by atoms with Crippen molar-refractivity contribution in [2.24, 2.45) is 46.3 Å². The first kappa shape index (κ1) is 39.4. The highest BCUT2D eigenvalue weighted by atomic mass is 16.5. The van der Waals surface area contributed by atoms with E-state index in [1.807, 2.05) is 12.2 Å². The minimum atomic E-state index is -0.310. The van der Waals surface area contributed by atoms with Crippen LogP contribution in [0.3, 0.4) is 0 Å². The molecule has 3 heteroatoms. The number of fused-ring (bicyclic) bond motifs is 5. The van der Waals surface area contributed by atoms with E-state index < -0.39 is 0 Å². The van der Waals surface area contributed by atoms with Crippen molar-refractivity contribution in [3.63, 3.8) is 0 Å². The van der Waals surface area contributed by atoms with Gasteiger partial charge in [-0.15, -0.1) is 0 Å². The van der Waals surface area contributed by atoms with Crippen molar-refractivity contribution in [2.75, 3.05) is 0 Å². The van der Waals surface area contributed by atoms with Gasteiger partial charge in [-0.25, -0.2) is 0 Å². The number of hydrogen-bond acceptors (Lipinski definition) is 3. The first-order valence-electron chi connectivity index (χ1n) is 21.0. The normalized spacial score (nSPS) is 33.0. The second-order valence-corrected chi connectivity index (χ2v) is 17.8. The molecule has 4 rings (SSSR count). The Kier molecular flexibility index (Phi) is 15.9. The largest absolute Gasteiger partial charge is 0.462 e. The third kappa shape index (κ3) is 10.6. The zero-order valence-corrected chi connectivity index (χ0v) is 32.3. The topological polar surface area (TPSA) is 46.5 Å². The van der Waals surface area contributed by atoms with E-state index in [9.17, 15) is 9.90 Å². The molecular formula is C45H76O3. The zero-order valence-electron chi connectivity index (χ0n) is 32.3. The summed E-state index contributed by atoms with van der Waals surface area (Å²) in [6, 6.07) is 0. The van der Waals surface area contributed by atoms with E-state index in [2.05, 4.69) is 59.8 Å². The number of unbranched alkanes of at least 4 members (excludes halogenated alkanes) is 7. The van der Waals surface area contributed by atoms with Gasteiger partial charge in [-0.1, -0.05) is 135 Å². The van der Waals surface area contributed by atoms with Gasteiger partial charge in [0.25, 0.3) is 0 Å². The fraction of sp³-hybridized carbons (Fsp3) is 0.844. The lowest BCUT2D eigenvalue weighted by Crippen LogP contribution is -2.51. The Balaban J connectivity index is 1.13. The third-order valence-electron chi connectivity index (χ3n) is 14.0. The molecular weight excluding hydrogens is 588 g/mol. The Morgan fingerprint density at radius 2 is 1.69 bits per heavy atom. The lowest BCUT2D eigenvalue weighted by atomic mass is 9.47. The smallest absolute Gasteiger partial charge is 0.306 e. The molecule has 3 fully saturated rings. The molecule has 0 aromatic heterocycles. The van der Waals surface area contributed by atoms with E-state index in [4.69, 9.17) is 4.74 Å². The molecule has 0 amide bonds. The summed E-state index contributed by atoms with van der Waals surface area (Å²) in [5.74, 6) is 5.22. The molecule has 9 atom stereocenters. The van der Waals surface area contributed by atoms with Crippen molar-refractivity contribution >= 4 is 5.97 Å². The third-order valence-corrected chi connectivity index (χ3v) is 14.0. The van der Waals surface area contributed by atoms with Crippen LogP contribution in [-0.4, -0.2) is 23.3 Å². The molecule has 0 heterocycles. The summed E-state index contributed by atoms with van der Waals surface area (Å²) in [5.41, 5.74) is 2.48. The summed E-state index contributed by atoms with van der Waals surface area (Å²) in [6.45, 7) is 14.8. The molecule has 3 saturated carbocycles. The number of allylic oxidation sites excluding steroid dienone is 4. The van der Waals surface area contributed by atoms with Gasteiger partial charge in [-0.05, 0) is 117 Å². The molecule has 0 aliphatic heterocycles. The summed E-state index contributed by atoms with van der Waals surface area (Å²) in [7, 11) is 0. The molecule has 0 unspecified atom stereocenters. The average molecular weight is 665 g/mol. The molecule has 4 aliphatic carbocycles. The maximum Gasteiger partial charge on any atom is 0.306 e. The highest BCUT2D eigenvalue weighted by molar-refractivity contribution is 5.69. The Morgan fingerprint density at radius 3 is 2.48 bits per heavy atom. The lowest BCUT2D eigenvalue weighted by Gasteiger charge is -2.58. The maximum absolute atomic E-state index is 12.8. The maximum atomic E-state index is 12.8. The summed E-state index contributed by atoms with van der Waals surface area (Å²) in [5, 5.41) is 9.95. The highest BCUT2D eigenvalue weighted by Gasteiger charge is 2.59. The van der Waals surface area contributed by atoms with Crippen LogP contribution in [0.2, 0.25) is 0 Å². The molecule has 3 nitrogen and oxygen atoms in total. The summed E-state index contributed by atoms with van der Waals surface area (Å²) in [6.07, 6.45) is 36.6. The van der Waals surface area contributed by atoms with Crippen LogP contribution in [0.25, 0.3) is 0 Å². The second kappa shape index (κ2) is 19.3. The van der Waals surface area contributed by atoms with Gasteiger partial charge < -0.3 is 9.84 Å². The fourth-order valence-corrected chi connectivity index (χ4v) is 11.1. The molecule has 1 N–H and O–H groups in total. The summed E-state index contributed by atoms with van der Waals surface area (Å²) in [4.78, 5) is 12.8. The van der Waals surface area contributed by atoms with E-state index in [0.29, 0.717) is 17.3 Å². The van der Waals surface area contributed by atoms with Crippen molar-refractivity contribution in [3.8, 4) is 0 Å². The van der Waals surface area contributed by atoms with Gasteiger partial charge >= 0.3 is 5.97 Å². The molecule has 0 radical (unpaired) electrons. The summed E-state index contributed by atoms with van der Waals surface area (Å²) < 4.78 is 6.11. The molecule has 0 spiro atoms. The molecule has 0 aromatic rings. The van der Waals surface area contributed by atoms with Crippen molar-refractivity contribution in [1.29, 1.82) is 0 Å². The van der Waals surface area contributed by atoms with Crippen LogP contribution in [0, 0.1) is 46.3 Å². The number of aliphatic hydroxyl groups excluding tert-OH is 1. The van der Waals surface area contributed by atoms with Gasteiger partial charge in [0.1, 0.15) is 6.10 Å². The number of aliphatic hydroxyl groups is 1. The first-order valence-corrected chi connectivity index (χ1v) is 21.0. The second-order valence-electron chi connectivity index (χ2n) is 17.8. The minimum absolute atomic E-state index is 0.0254. The Morgan fingerprint density at radius 1 is 0.896 bits per heavy atom. The lowest BCUT2D eigenvalue weighted by molar-refractivity contribution is -0.151. The van der Waals surface area contributed by atoms with Crippen LogP contribution in [-0.2, 0) is 9.53 Å². The Bertz CT molecular complexity index is 1050. The number of carbonyl (C=O) groups excluding carboxylic acids is 1. The van der Waals surface area contributed by atoms with Gasteiger partial charge in [0.2, 0.25) is 0 Å². The molecule has 274 valence electrons. The van der Waals surface area contributed by atoms with Gasteiger partial charge in [-0.3, -0.25) is 4.79 Å². The highest BCUT2D eigenvalue weighted by Crippen LogP contribution is 2.67. The monoisotopic (exact) mass is 665 g/mol.